The van der Waals surface area contributed by atoms with Crippen LogP contribution in [-0.4, -0.2) is 9.55 Å². The fraction of sp³-hybridized carbons (Fsp3) is 0.176. The molecule has 0 aliphatic heterocycles. The summed E-state index contributed by atoms with van der Waals surface area (Å²) < 4.78 is 7.28. The van der Waals surface area contributed by atoms with Crippen LogP contribution in [0, 0.1) is 6.92 Å². The zero-order valence-corrected chi connectivity index (χ0v) is 12.0. The fourth-order valence-electron chi connectivity index (χ4n) is 2.25. The van der Waals surface area contributed by atoms with E-state index in [1.807, 2.05) is 49.4 Å². The Labute approximate surface area is 122 Å². The van der Waals surface area contributed by atoms with Gasteiger partial charge in [0.2, 0.25) is 0 Å². The SMILES string of the molecule is Cc1cccc(OCc2nc3ccccc3c(=O)n2C)c1. The van der Waals surface area contributed by atoms with Crippen molar-refractivity contribution in [1.82, 2.24) is 9.55 Å². The van der Waals surface area contributed by atoms with E-state index in [9.17, 15) is 4.79 Å². The van der Waals surface area contributed by atoms with E-state index in [2.05, 4.69) is 4.98 Å². The molecule has 1 aromatic heterocycles. The predicted octanol–water partition coefficient (Wildman–Crippen LogP) is 2.82. The second kappa shape index (κ2) is 5.40. The van der Waals surface area contributed by atoms with Crippen LogP contribution in [0.3, 0.4) is 0 Å². The van der Waals surface area contributed by atoms with Crippen molar-refractivity contribution in [3.63, 3.8) is 0 Å². The van der Waals surface area contributed by atoms with E-state index in [1.165, 1.54) is 4.57 Å². The van der Waals surface area contributed by atoms with Crippen LogP contribution in [0.5, 0.6) is 5.75 Å². The fourth-order valence-corrected chi connectivity index (χ4v) is 2.25. The van der Waals surface area contributed by atoms with Gasteiger partial charge >= 0.3 is 0 Å². The Hall–Kier alpha value is -2.62. The van der Waals surface area contributed by atoms with Gasteiger partial charge in [-0.1, -0.05) is 24.3 Å². The van der Waals surface area contributed by atoms with Crippen molar-refractivity contribution in [3.8, 4) is 5.75 Å². The Balaban J connectivity index is 1.94. The highest BCUT2D eigenvalue weighted by atomic mass is 16.5. The normalized spacial score (nSPS) is 10.8. The molecule has 106 valence electrons. The average molecular weight is 280 g/mol. The van der Waals surface area contributed by atoms with E-state index in [4.69, 9.17) is 4.74 Å². The lowest BCUT2D eigenvalue weighted by atomic mass is 10.2. The summed E-state index contributed by atoms with van der Waals surface area (Å²) in [4.78, 5) is 16.8. The Morgan fingerprint density at radius 1 is 1.14 bits per heavy atom. The molecule has 0 atom stereocenters. The number of aryl methyl sites for hydroxylation is 1. The minimum atomic E-state index is -0.0524. The molecular formula is C17H16N2O2. The summed E-state index contributed by atoms with van der Waals surface area (Å²) in [6, 6.07) is 15.1. The van der Waals surface area contributed by atoms with Crippen molar-refractivity contribution >= 4 is 10.9 Å². The lowest BCUT2D eigenvalue weighted by molar-refractivity contribution is 0.289. The van der Waals surface area contributed by atoms with Crippen LogP contribution in [0.25, 0.3) is 10.9 Å². The highest BCUT2D eigenvalue weighted by molar-refractivity contribution is 5.77. The maximum atomic E-state index is 12.3. The number of aromatic nitrogens is 2. The quantitative estimate of drug-likeness (QED) is 0.741. The number of ether oxygens (including phenoxy) is 1. The Morgan fingerprint density at radius 2 is 1.95 bits per heavy atom. The van der Waals surface area contributed by atoms with E-state index in [-0.39, 0.29) is 12.2 Å². The van der Waals surface area contributed by atoms with Gasteiger partial charge in [-0.3, -0.25) is 9.36 Å². The van der Waals surface area contributed by atoms with Crippen molar-refractivity contribution in [3.05, 3.63) is 70.3 Å². The molecule has 0 saturated carbocycles. The van der Waals surface area contributed by atoms with Crippen LogP contribution in [0.1, 0.15) is 11.4 Å². The van der Waals surface area contributed by atoms with Crippen LogP contribution < -0.4 is 10.3 Å². The van der Waals surface area contributed by atoms with Crippen molar-refractivity contribution in [1.29, 1.82) is 0 Å². The summed E-state index contributed by atoms with van der Waals surface area (Å²) in [6.45, 7) is 2.27. The molecule has 0 amide bonds. The first-order valence-corrected chi connectivity index (χ1v) is 6.79. The van der Waals surface area contributed by atoms with Crippen LogP contribution in [0.2, 0.25) is 0 Å². The van der Waals surface area contributed by atoms with Crippen molar-refractivity contribution < 1.29 is 4.74 Å². The first-order chi connectivity index (χ1) is 10.1. The molecule has 3 rings (SSSR count). The molecule has 0 spiro atoms. The van der Waals surface area contributed by atoms with E-state index >= 15 is 0 Å². The monoisotopic (exact) mass is 280 g/mol. The van der Waals surface area contributed by atoms with Gasteiger partial charge in [-0.15, -0.1) is 0 Å². The van der Waals surface area contributed by atoms with Gasteiger partial charge in [-0.25, -0.2) is 4.98 Å². The lowest BCUT2D eigenvalue weighted by Crippen LogP contribution is -2.23. The second-order valence-electron chi connectivity index (χ2n) is 5.01. The molecule has 4 heteroatoms. The average Bonchev–Trinajstić information content (AvgIpc) is 2.50. The molecule has 0 fully saturated rings. The van der Waals surface area contributed by atoms with Gasteiger partial charge in [0.25, 0.3) is 5.56 Å². The number of para-hydroxylation sites is 1. The predicted molar refractivity (Wildman–Crippen MR) is 82.5 cm³/mol. The molecule has 0 unspecified atom stereocenters. The molecular weight excluding hydrogens is 264 g/mol. The topological polar surface area (TPSA) is 44.1 Å². The minimum Gasteiger partial charge on any atom is -0.486 e. The third-order valence-corrected chi connectivity index (χ3v) is 3.43. The summed E-state index contributed by atoms with van der Waals surface area (Å²) in [5.74, 6) is 1.39. The van der Waals surface area contributed by atoms with Gasteiger partial charge in [0.05, 0.1) is 10.9 Å². The summed E-state index contributed by atoms with van der Waals surface area (Å²) in [5.41, 5.74) is 1.78. The molecule has 3 aromatic rings. The Morgan fingerprint density at radius 3 is 2.76 bits per heavy atom. The molecule has 21 heavy (non-hydrogen) atoms. The number of rotatable bonds is 3. The van der Waals surface area contributed by atoms with Gasteiger partial charge in [0, 0.05) is 7.05 Å². The van der Waals surface area contributed by atoms with Crippen molar-refractivity contribution in [2.24, 2.45) is 7.05 Å². The molecule has 0 bridgehead atoms. The highest BCUT2D eigenvalue weighted by Crippen LogP contribution is 2.14. The van der Waals surface area contributed by atoms with Gasteiger partial charge in [0.15, 0.2) is 0 Å². The molecule has 0 radical (unpaired) electrons. The van der Waals surface area contributed by atoms with Gasteiger partial charge in [0.1, 0.15) is 18.2 Å². The van der Waals surface area contributed by atoms with Crippen LogP contribution in [0.4, 0.5) is 0 Å². The maximum Gasteiger partial charge on any atom is 0.261 e. The number of benzene rings is 2. The third kappa shape index (κ3) is 2.65. The lowest BCUT2D eigenvalue weighted by Gasteiger charge is -2.11. The minimum absolute atomic E-state index is 0.0524. The van der Waals surface area contributed by atoms with E-state index < -0.39 is 0 Å². The van der Waals surface area contributed by atoms with Crippen LogP contribution in [0.15, 0.2) is 53.3 Å². The van der Waals surface area contributed by atoms with Gasteiger partial charge < -0.3 is 4.74 Å². The smallest absolute Gasteiger partial charge is 0.261 e. The van der Waals surface area contributed by atoms with E-state index in [0.717, 1.165) is 11.3 Å². The number of nitrogens with zero attached hydrogens (tertiary/aromatic N) is 2. The van der Waals surface area contributed by atoms with Gasteiger partial charge in [-0.2, -0.15) is 0 Å². The summed E-state index contributed by atoms with van der Waals surface area (Å²) in [5, 5.41) is 0.624. The first kappa shape index (κ1) is 13.4. The van der Waals surface area contributed by atoms with Crippen molar-refractivity contribution in [2.45, 2.75) is 13.5 Å². The standard InChI is InChI=1S/C17H16N2O2/c1-12-6-5-7-13(10-12)21-11-16-18-15-9-4-3-8-14(15)17(20)19(16)2/h3-10H,11H2,1-2H3. The number of hydrogen-bond donors (Lipinski definition) is 0. The third-order valence-electron chi connectivity index (χ3n) is 3.43. The van der Waals surface area contributed by atoms with Crippen LogP contribution >= 0.6 is 0 Å². The largest absolute Gasteiger partial charge is 0.486 e. The number of fused-ring (bicyclic) bond motifs is 1. The molecule has 1 heterocycles. The van der Waals surface area contributed by atoms with E-state index in [1.54, 1.807) is 13.1 Å². The molecule has 0 saturated heterocycles. The molecule has 4 nitrogen and oxygen atoms in total. The summed E-state index contributed by atoms with van der Waals surface area (Å²) in [6.07, 6.45) is 0. The first-order valence-electron chi connectivity index (χ1n) is 6.79. The van der Waals surface area contributed by atoms with E-state index in [0.29, 0.717) is 16.7 Å². The highest BCUT2D eigenvalue weighted by Gasteiger charge is 2.08. The number of hydrogen-bond acceptors (Lipinski definition) is 3. The molecule has 2 aromatic carbocycles. The zero-order chi connectivity index (χ0) is 14.8. The van der Waals surface area contributed by atoms with Crippen LogP contribution in [-0.2, 0) is 13.7 Å². The zero-order valence-electron chi connectivity index (χ0n) is 12.0. The summed E-state index contributed by atoms with van der Waals surface area (Å²) >= 11 is 0. The summed E-state index contributed by atoms with van der Waals surface area (Å²) in [7, 11) is 1.72. The van der Waals surface area contributed by atoms with Gasteiger partial charge in [-0.05, 0) is 36.8 Å². The molecule has 0 aliphatic carbocycles. The Kier molecular flexibility index (Phi) is 3.44. The second-order valence-corrected chi connectivity index (χ2v) is 5.01. The molecule has 0 N–H and O–H groups in total. The van der Waals surface area contributed by atoms with Crippen molar-refractivity contribution in [2.75, 3.05) is 0 Å². The molecule has 0 aliphatic rings. The maximum absolute atomic E-state index is 12.3. The Bertz CT molecular complexity index is 853.